The lowest BCUT2D eigenvalue weighted by molar-refractivity contribution is 0.172. The molecule has 1 atom stereocenters. The van der Waals surface area contributed by atoms with Crippen LogP contribution in [0.3, 0.4) is 0 Å². The van der Waals surface area contributed by atoms with Gasteiger partial charge < -0.3 is 9.52 Å². The van der Waals surface area contributed by atoms with Crippen molar-refractivity contribution in [1.29, 1.82) is 0 Å². The predicted octanol–water partition coefficient (Wildman–Crippen LogP) is 3.17. The van der Waals surface area contributed by atoms with Gasteiger partial charge in [0.25, 0.3) is 0 Å². The van der Waals surface area contributed by atoms with Crippen LogP contribution in [0, 0.1) is 0 Å². The van der Waals surface area contributed by atoms with Crippen LogP contribution in [0.2, 0.25) is 0 Å². The smallest absolute Gasteiger partial charge is 0.129 e. The lowest BCUT2D eigenvalue weighted by Gasteiger charge is -2.27. The van der Waals surface area contributed by atoms with E-state index in [0.717, 1.165) is 25.3 Å². The lowest BCUT2D eigenvalue weighted by atomic mass is 10.2. The van der Waals surface area contributed by atoms with Crippen LogP contribution >= 0.6 is 0 Å². The fraction of sp³-hybridized carbons (Fsp3) is 0.714. The minimum atomic E-state index is -0.0156. The van der Waals surface area contributed by atoms with Crippen LogP contribution in [0.25, 0.3) is 0 Å². The Labute approximate surface area is 104 Å². The van der Waals surface area contributed by atoms with E-state index in [-0.39, 0.29) is 6.61 Å². The summed E-state index contributed by atoms with van der Waals surface area (Å²) in [5.74, 6) is 1.60. The molecule has 98 valence electrons. The van der Waals surface area contributed by atoms with Gasteiger partial charge in [-0.25, -0.2) is 0 Å². The molecule has 0 aromatic carbocycles. The zero-order valence-corrected chi connectivity index (χ0v) is 11.3. The molecule has 0 fully saturated rings. The van der Waals surface area contributed by atoms with E-state index in [1.165, 1.54) is 12.8 Å². The molecule has 1 unspecified atom stereocenters. The molecule has 1 aromatic heterocycles. The van der Waals surface area contributed by atoms with E-state index in [2.05, 4.69) is 25.7 Å². The highest BCUT2D eigenvalue weighted by atomic mass is 16.4. The van der Waals surface area contributed by atoms with Gasteiger partial charge in [0.15, 0.2) is 0 Å². The number of hydrogen-bond donors (Lipinski definition) is 1. The largest absolute Gasteiger partial charge is 0.462 e. The molecular weight excluding hydrogens is 214 g/mol. The zero-order chi connectivity index (χ0) is 12.7. The molecule has 0 aliphatic rings. The Hall–Kier alpha value is -0.800. The fourth-order valence-electron chi connectivity index (χ4n) is 1.87. The van der Waals surface area contributed by atoms with Crippen LogP contribution in [-0.4, -0.2) is 22.6 Å². The molecule has 0 amide bonds. The van der Waals surface area contributed by atoms with Crippen LogP contribution in [0.5, 0.6) is 0 Å². The van der Waals surface area contributed by atoms with E-state index in [1.807, 2.05) is 12.1 Å². The maximum absolute atomic E-state index is 8.97. The first-order valence-electron chi connectivity index (χ1n) is 6.63. The van der Waals surface area contributed by atoms with E-state index in [1.54, 1.807) is 0 Å². The fourth-order valence-corrected chi connectivity index (χ4v) is 1.87. The van der Waals surface area contributed by atoms with Crippen LogP contribution in [-0.2, 0) is 13.2 Å². The molecule has 0 saturated heterocycles. The van der Waals surface area contributed by atoms with Gasteiger partial charge in [-0.2, -0.15) is 0 Å². The summed E-state index contributed by atoms with van der Waals surface area (Å²) >= 11 is 0. The molecule has 3 heteroatoms. The van der Waals surface area contributed by atoms with Crippen molar-refractivity contribution in [2.45, 2.75) is 59.2 Å². The molecule has 0 spiro atoms. The second-order valence-electron chi connectivity index (χ2n) is 4.61. The van der Waals surface area contributed by atoms with E-state index in [4.69, 9.17) is 9.52 Å². The standard InChI is InChI=1S/C14H25NO2/c1-4-6-9-15(12(3)5-2)10-13-7-8-14(11-16)17-13/h7-8,12,16H,4-6,9-11H2,1-3H3. The molecule has 0 bridgehead atoms. The first-order valence-corrected chi connectivity index (χ1v) is 6.63. The molecule has 0 aliphatic heterocycles. The Balaban J connectivity index is 2.57. The minimum Gasteiger partial charge on any atom is -0.462 e. The number of rotatable bonds is 8. The van der Waals surface area contributed by atoms with Gasteiger partial charge in [-0.3, -0.25) is 4.90 Å². The summed E-state index contributed by atoms with van der Waals surface area (Å²) in [7, 11) is 0. The van der Waals surface area contributed by atoms with Gasteiger partial charge in [-0.15, -0.1) is 0 Å². The SMILES string of the molecule is CCCCN(Cc1ccc(CO)o1)C(C)CC. The van der Waals surface area contributed by atoms with Gasteiger partial charge in [-0.05, 0) is 38.4 Å². The molecule has 3 nitrogen and oxygen atoms in total. The molecule has 0 aliphatic carbocycles. The van der Waals surface area contributed by atoms with Gasteiger partial charge in [0.2, 0.25) is 0 Å². The average Bonchev–Trinajstić information content (AvgIpc) is 2.81. The molecule has 1 aromatic rings. The number of aliphatic hydroxyl groups is 1. The Morgan fingerprint density at radius 2 is 2.00 bits per heavy atom. The second kappa shape index (κ2) is 7.51. The molecular formula is C14H25NO2. The van der Waals surface area contributed by atoms with Crippen LogP contribution in [0.1, 0.15) is 51.6 Å². The van der Waals surface area contributed by atoms with Crippen molar-refractivity contribution < 1.29 is 9.52 Å². The first kappa shape index (κ1) is 14.3. The third-order valence-corrected chi connectivity index (χ3v) is 3.25. The Kier molecular flexibility index (Phi) is 6.30. The van der Waals surface area contributed by atoms with E-state index >= 15 is 0 Å². The highest BCUT2D eigenvalue weighted by Crippen LogP contribution is 2.14. The van der Waals surface area contributed by atoms with Crippen molar-refractivity contribution >= 4 is 0 Å². The minimum absolute atomic E-state index is 0.0156. The summed E-state index contributed by atoms with van der Waals surface area (Å²) in [4.78, 5) is 2.45. The van der Waals surface area contributed by atoms with E-state index < -0.39 is 0 Å². The summed E-state index contributed by atoms with van der Waals surface area (Å²) in [5.41, 5.74) is 0. The van der Waals surface area contributed by atoms with Crippen molar-refractivity contribution in [1.82, 2.24) is 4.90 Å². The van der Waals surface area contributed by atoms with Gasteiger partial charge in [0.05, 0.1) is 6.54 Å². The number of hydrogen-bond acceptors (Lipinski definition) is 3. The predicted molar refractivity (Wildman–Crippen MR) is 69.7 cm³/mol. The maximum atomic E-state index is 8.97. The molecule has 1 N–H and O–H groups in total. The highest BCUT2D eigenvalue weighted by molar-refractivity contribution is 5.06. The third kappa shape index (κ3) is 4.52. The molecule has 0 radical (unpaired) electrons. The van der Waals surface area contributed by atoms with Crippen molar-refractivity contribution in [2.75, 3.05) is 6.54 Å². The zero-order valence-electron chi connectivity index (χ0n) is 11.3. The van der Waals surface area contributed by atoms with Crippen LogP contribution in [0.4, 0.5) is 0 Å². The molecule has 17 heavy (non-hydrogen) atoms. The summed E-state index contributed by atoms with van der Waals surface area (Å²) in [6.45, 7) is 8.62. The number of furan rings is 1. The monoisotopic (exact) mass is 239 g/mol. The number of unbranched alkanes of at least 4 members (excludes halogenated alkanes) is 1. The van der Waals surface area contributed by atoms with Gasteiger partial charge in [0, 0.05) is 6.04 Å². The molecule has 1 rings (SSSR count). The van der Waals surface area contributed by atoms with Crippen molar-refractivity contribution in [2.24, 2.45) is 0 Å². The average molecular weight is 239 g/mol. The van der Waals surface area contributed by atoms with Gasteiger partial charge in [0.1, 0.15) is 18.1 Å². The van der Waals surface area contributed by atoms with Gasteiger partial charge >= 0.3 is 0 Å². The van der Waals surface area contributed by atoms with Crippen molar-refractivity contribution in [3.63, 3.8) is 0 Å². The quantitative estimate of drug-likeness (QED) is 0.757. The molecule has 0 saturated carbocycles. The number of nitrogens with zero attached hydrogens (tertiary/aromatic N) is 1. The van der Waals surface area contributed by atoms with Crippen LogP contribution in [0.15, 0.2) is 16.5 Å². The highest BCUT2D eigenvalue weighted by Gasteiger charge is 2.13. The summed E-state index contributed by atoms with van der Waals surface area (Å²) in [6.07, 6.45) is 3.59. The third-order valence-electron chi connectivity index (χ3n) is 3.25. The molecule has 1 heterocycles. The van der Waals surface area contributed by atoms with Crippen molar-refractivity contribution in [3.8, 4) is 0 Å². The van der Waals surface area contributed by atoms with Gasteiger partial charge in [-0.1, -0.05) is 20.3 Å². The number of aliphatic hydroxyl groups excluding tert-OH is 1. The topological polar surface area (TPSA) is 36.6 Å². The maximum Gasteiger partial charge on any atom is 0.129 e. The van der Waals surface area contributed by atoms with Crippen molar-refractivity contribution in [3.05, 3.63) is 23.7 Å². The lowest BCUT2D eigenvalue weighted by Crippen LogP contribution is -2.32. The Morgan fingerprint density at radius 3 is 2.53 bits per heavy atom. The van der Waals surface area contributed by atoms with E-state index in [9.17, 15) is 0 Å². The summed E-state index contributed by atoms with van der Waals surface area (Å²) < 4.78 is 5.55. The summed E-state index contributed by atoms with van der Waals surface area (Å²) in [5, 5.41) is 8.97. The Morgan fingerprint density at radius 1 is 1.29 bits per heavy atom. The van der Waals surface area contributed by atoms with E-state index in [0.29, 0.717) is 11.8 Å². The first-order chi connectivity index (χ1) is 8.21. The second-order valence-corrected chi connectivity index (χ2v) is 4.61. The summed E-state index contributed by atoms with van der Waals surface area (Å²) in [6, 6.07) is 4.39. The van der Waals surface area contributed by atoms with Crippen LogP contribution < -0.4 is 0 Å². The normalized spacial score (nSPS) is 13.2. The Bertz CT molecular complexity index is 309.